The van der Waals surface area contributed by atoms with E-state index in [2.05, 4.69) is 5.32 Å². The minimum absolute atomic E-state index is 0.0213. The number of carbonyl (C=O) groups excluding carboxylic acids is 1. The standard InChI is InChI=1S/C10H12N2O3/c1-3-10(13)8-5-4-7(12(14)15)6-9(8)11-2/h4-6,11H,3H2,1-2H3. The van der Waals surface area contributed by atoms with Gasteiger partial charge in [-0.15, -0.1) is 0 Å². The molecule has 0 aliphatic carbocycles. The number of nitrogens with zero attached hydrogens (tertiary/aromatic N) is 1. The van der Waals surface area contributed by atoms with Crippen LogP contribution in [-0.4, -0.2) is 17.8 Å². The Kier molecular flexibility index (Phi) is 3.38. The van der Waals surface area contributed by atoms with Crippen molar-refractivity contribution in [2.45, 2.75) is 13.3 Å². The van der Waals surface area contributed by atoms with Crippen molar-refractivity contribution < 1.29 is 9.72 Å². The third-order valence-corrected chi connectivity index (χ3v) is 2.10. The molecule has 0 atom stereocenters. The monoisotopic (exact) mass is 208 g/mol. The molecule has 1 rings (SSSR count). The number of nitro benzene ring substituents is 1. The first-order valence-electron chi connectivity index (χ1n) is 4.59. The normalized spacial score (nSPS) is 9.73. The number of Topliss-reactive ketones (excluding diaryl/α,β-unsaturated/α-hetero) is 1. The summed E-state index contributed by atoms with van der Waals surface area (Å²) in [4.78, 5) is 21.5. The molecule has 0 fully saturated rings. The van der Waals surface area contributed by atoms with Gasteiger partial charge in [0.15, 0.2) is 5.78 Å². The summed E-state index contributed by atoms with van der Waals surface area (Å²) >= 11 is 0. The molecule has 0 unspecified atom stereocenters. The van der Waals surface area contributed by atoms with Gasteiger partial charge in [-0.3, -0.25) is 14.9 Å². The summed E-state index contributed by atoms with van der Waals surface area (Å²) in [6, 6.07) is 4.18. The number of rotatable bonds is 4. The highest BCUT2D eigenvalue weighted by atomic mass is 16.6. The maximum atomic E-state index is 11.5. The van der Waals surface area contributed by atoms with Crippen LogP contribution in [-0.2, 0) is 0 Å². The van der Waals surface area contributed by atoms with Crippen LogP contribution < -0.4 is 5.32 Å². The maximum Gasteiger partial charge on any atom is 0.271 e. The maximum absolute atomic E-state index is 11.5. The molecule has 80 valence electrons. The molecular weight excluding hydrogens is 196 g/mol. The zero-order valence-electron chi connectivity index (χ0n) is 8.61. The fourth-order valence-corrected chi connectivity index (χ4v) is 1.29. The van der Waals surface area contributed by atoms with Crippen molar-refractivity contribution in [2.75, 3.05) is 12.4 Å². The fourth-order valence-electron chi connectivity index (χ4n) is 1.29. The fraction of sp³-hybridized carbons (Fsp3) is 0.300. The van der Waals surface area contributed by atoms with Gasteiger partial charge in [0.1, 0.15) is 0 Å². The number of nitrogens with one attached hydrogen (secondary N) is 1. The first kappa shape index (κ1) is 11.2. The molecule has 0 aliphatic heterocycles. The van der Waals surface area contributed by atoms with Crippen LogP contribution >= 0.6 is 0 Å². The van der Waals surface area contributed by atoms with E-state index in [9.17, 15) is 14.9 Å². The summed E-state index contributed by atoms with van der Waals surface area (Å²) in [6.07, 6.45) is 0.381. The molecular formula is C10H12N2O3. The van der Waals surface area contributed by atoms with Crippen LogP contribution in [0.5, 0.6) is 0 Å². The van der Waals surface area contributed by atoms with Gasteiger partial charge in [-0.25, -0.2) is 0 Å². The minimum atomic E-state index is -0.485. The van der Waals surface area contributed by atoms with Crippen molar-refractivity contribution >= 4 is 17.2 Å². The molecule has 1 aromatic rings. The Morgan fingerprint density at radius 3 is 2.67 bits per heavy atom. The molecule has 0 saturated carbocycles. The SMILES string of the molecule is CCC(=O)c1ccc([N+](=O)[O-])cc1NC. The average Bonchev–Trinajstić information content (AvgIpc) is 2.27. The molecule has 5 nitrogen and oxygen atoms in total. The van der Waals surface area contributed by atoms with E-state index in [-0.39, 0.29) is 11.5 Å². The molecule has 15 heavy (non-hydrogen) atoms. The Balaban J connectivity index is 3.20. The Labute approximate surface area is 87.3 Å². The molecule has 0 spiro atoms. The third kappa shape index (κ3) is 2.31. The van der Waals surface area contributed by atoms with Gasteiger partial charge >= 0.3 is 0 Å². The summed E-state index contributed by atoms with van der Waals surface area (Å²) in [5.74, 6) is -0.0331. The molecule has 0 aromatic heterocycles. The molecule has 5 heteroatoms. The summed E-state index contributed by atoms with van der Waals surface area (Å²) in [6.45, 7) is 1.75. The quantitative estimate of drug-likeness (QED) is 0.468. The van der Waals surface area contributed by atoms with Gasteiger partial charge in [0, 0.05) is 31.2 Å². The number of benzene rings is 1. The zero-order valence-corrected chi connectivity index (χ0v) is 8.61. The van der Waals surface area contributed by atoms with E-state index in [1.54, 1.807) is 14.0 Å². The molecule has 1 N–H and O–H groups in total. The third-order valence-electron chi connectivity index (χ3n) is 2.10. The van der Waals surface area contributed by atoms with Crippen molar-refractivity contribution in [1.29, 1.82) is 0 Å². The number of nitro groups is 1. The van der Waals surface area contributed by atoms with Crippen molar-refractivity contribution in [2.24, 2.45) is 0 Å². The second-order valence-corrected chi connectivity index (χ2v) is 3.01. The van der Waals surface area contributed by atoms with Gasteiger partial charge in [-0.05, 0) is 6.07 Å². The molecule has 0 heterocycles. The van der Waals surface area contributed by atoms with Gasteiger partial charge in [0.2, 0.25) is 0 Å². The first-order valence-corrected chi connectivity index (χ1v) is 4.59. The Morgan fingerprint density at radius 1 is 1.53 bits per heavy atom. The number of hydrogen-bond donors (Lipinski definition) is 1. The van der Waals surface area contributed by atoms with E-state index >= 15 is 0 Å². The highest BCUT2D eigenvalue weighted by Crippen LogP contribution is 2.23. The topological polar surface area (TPSA) is 72.2 Å². The number of hydrogen-bond acceptors (Lipinski definition) is 4. The molecule has 0 bridgehead atoms. The average molecular weight is 208 g/mol. The molecule has 1 aromatic carbocycles. The van der Waals surface area contributed by atoms with Crippen molar-refractivity contribution in [3.8, 4) is 0 Å². The lowest BCUT2D eigenvalue weighted by atomic mass is 10.1. The zero-order chi connectivity index (χ0) is 11.4. The largest absolute Gasteiger partial charge is 0.387 e. The highest BCUT2D eigenvalue weighted by molar-refractivity contribution is 6.01. The van der Waals surface area contributed by atoms with Crippen molar-refractivity contribution in [3.63, 3.8) is 0 Å². The first-order chi connectivity index (χ1) is 7.10. The van der Waals surface area contributed by atoms with Crippen LogP contribution in [0.2, 0.25) is 0 Å². The summed E-state index contributed by atoms with van der Waals surface area (Å²) < 4.78 is 0. The van der Waals surface area contributed by atoms with Crippen LogP contribution in [0.25, 0.3) is 0 Å². The van der Waals surface area contributed by atoms with Crippen LogP contribution in [0.1, 0.15) is 23.7 Å². The molecule has 0 saturated heterocycles. The van der Waals surface area contributed by atoms with Crippen LogP contribution in [0, 0.1) is 10.1 Å². The smallest absolute Gasteiger partial charge is 0.271 e. The van der Waals surface area contributed by atoms with Gasteiger partial charge in [-0.2, -0.15) is 0 Å². The van der Waals surface area contributed by atoms with Crippen molar-refractivity contribution in [3.05, 3.63) is 33.9 Å². The number of non-ortho nitro benzene ring substituents is 1. The Hall–Kier alpha value is -1.91. The van der Waals surface area contributed by atoms with Gasteiger partial charge in [0.25, 0.3) is 5.69 Å². The highest BCUT2D eigenvalue weighted by Gasteiger charge is 2.13. The van der Waals surface area contributed by atoms with E-state index in [1.807, 2.05) is 0 Å². The van der Waals surface area contributed by atoms with Gasteiger partial charge in [-0.1, -0.05) is 6.92 Å². The summed E-state index contributed by atoms with van der Waals surface area (Å²) in [5, 5.41) is 13.3. The number of carbonyl (C=O) groups is 1. The minimum Gasteiger partial charge on any atom is -0.387 e. The predicted octanol–water partition coefficient (Wildman–Crippen LogP) is 2.23. The Bertz CT molecular complexity index is 402. The Morgan fingerprint density at radius 2 is 2.20 bits per heavy atom. The lowest BCUT2D eigenvalue weighted by Crippen LogP contribution is -2.03. The van der Waals surface area contributed by atoms with Crippen LogP contribution in [0.15, 0.2) is 18.2 Å². The second kappa shape index (κ2) is 4.54. The van der Waals surface area contributed by atoms with Gasteiger partial charge in [0.05, 0.1) is 10.6 Å². The lowest BCUT2D eigenvalue weighted by Gasteiger charge is -2.06. The van der Waals surface area contributed by atoms with Crippen LogP contribution in [0.4, 0.5) is 11.4 Å². The van der Waals surface area contributed by atoms with E-state index in [0.29, 0.717) is 17.7 Å². The number of ketones is 1. The summed E-state index contributed by atoms with van der Waals surface area (Å²) in [7, 11) is 1.63. The number of anilines is 1. The van der Waals surface area contributed by atoms with E-state index < -0.39 is 4.92 Å². The molecule has 0 aliphatic rings. The molecule has 0 amide bonds. The van der Waals surface area contributed by atoms with Crippen molar-refractivity contribution in [1.82, 2.24) is 0 Å². The summed E-state index contributed by atoms with van der Waals surface area (Å²) in [5.41, 5.74) is 0.966. The second-order valence-electron chi connectivity index (χ2n) is 3.01. The van der Waals surface area contributed by atoms with E-state index in [0.717, 1.165) is 0 Å². The predicted molar refractivity (Wildman–Crippen MR) is 57.3 cm³/mol. The van der Waals surface area contributed by atoms with E-state index in [1.165, 1.54) is 18.2 Å². The molecule has 0 radical (unpaired) electrons. The van der Waals surface area contributed by atoms with Gasteiger partial charge < -0.3 is 5.32 Å². The van der Waals surface area contributed by atoms with Crippen LogP contribution in [0.3, 0.4) is 0 Å². The lowest BCUT2D eigenvalue weighted by molar-refractivity contribution is -0.384. The van der Waals surface area contributed by atoms with E-state index in [4.69, 9.17) is 0 Å².